The van der Waals surface area contributed by atoms with Crippen LogP contribution in [0.1, 0.15) is 17.8 Å². The third-order valence-corrected chi connectivity index (χ3v) is 2.55. The average molecular weight is 167 g/mol. The van der Waals surface area contributed by atoms with Crippen molar-refractivity contribution in [2.45, 2.75) is 19.3 Å². The number of hydrogen-bond acceptors (Lipinski definition) is 3. The fraction of sp³-hybridized carbons (Fsp3) is 0.750. The molecule has 4 nitrogen and oxygen atoms in total. The molecular weight excluding hydrogens is 154 g/mol. The minimum atomic E-state index is 0.282. The maximum Gasteiger partial charge on any atom is 0.0859 e. The number of rotatable bonds is 1. The van der Waals surface area contributed by atoms with E-state index < -0.39 is 0 Å². The van der Waals surface area contributed by atoms with Crippen LogP contribution < -0.4 is 0 Å². The molecule has 1 unspecified atom stereocenters. The second-order valence-corrected chi connectivity index (χ2v) is 3.40. The number of aliphatic hydroxyl groups is 1. The summed E-state index contributed by atoms with van der Waals surface area (Å²) in [7, 11) is 1.91. The Hall–Kier alpha value is -0.900. The Kier molecular flexibility index (Phi) is 1.84. The van der Waals surface area contributed by atoms with Gasteiger partial charge in [0.1, 0.15) is 0 Å². The standard InChI is InChI=1S/C8H13N3O/c1-11-8-4-6(5-12)2-3-7(8)9-10-11/h6,12H,2-5H2,1H3. The molecule has 1 N–H and O–H groups in total. The monoisotopic (exact) mass is 167 g/mol. The van der Waals surface area contributed by atoms with Gasteiger partial charge >= 0.3 is 0 Å². The SMILES string of the molecule is Cn1nnc2c1CC(CO)CC2. The second kappa shape index (κ2) is 2.86. The molecule has 1 aromatic rings. The third kappa shape index (κ3) is 1.12. The van der Waals surface area contributed by atoms with Crippen molar-refractivity contribution in [3.63, 3.8) is 0 Å². The molecule has 0 spiro atoms. The average Bonchev–Trinajstić information content (AvgIpc) is 2.47. The van der Waals surface area contributed by atoms with Gasteiger partial charge in [-0.3, -0.25) is 4.68 Å². The lowest BCUT2D eigenvalue weighted by Gasteiger charge is -2.18. The van der Waals surface area contributed by atoms with Crippen molar-refractivity contribution in [3.05, 3.63) is 11.4 Å². The molecule has 1 atom stereocenters. The molecule has 1 aliphatic carbocycles. The molecule has 0 saturated carbocycles. The highest BCUT2D eigenvalue weighted by Crippen LogP contribution is 2.22. The first-order chi connectivity index (χ1) is 5.81. The molecular formula is C8H13N3O. The Morgan fingerprint density at radius 3 is 3.25 bits per heavy atom. The maximum atomic E-state index is 8.99. The molecule has 1 heterocycles. The van der Waals surface area contributed by atoms with E-state index in [4.69, 9.17) is 5.11 Å². The summed E-state index contributed by atoms with van der Waals surface area (Å²) < 4.78 is 1.82. The lowest BCUT2D eigenvalue weighted by molar-refractivity contribution is 0.211. The molecule has 0 amide bonds. The van der Waals surface area contributed by atoms with Crippen LogP contribution in [0.2, 0.25) is 0 Å². The number of hydrogen-bond donors (Lipinski definition) is 1. The van der Waals surface area contributed by atoms with Crippen LogP contribution in [0.4, 0.5) is 0 Å². The van der Waals surface area contributed by atoms with E-state index >= 15 is 0 Å². The largest absolute Gasteiger partial charge is 0.396 e. The van der Waals surface area contributed by atoms with Crippen LogP contribution in [-0.2, 0) is 19.9 Å². The van der Waals surface area contributed by atoms with Crippen LogP contribution in [-0.4, -0.2) is 26.7 Å². The van der Waals surface area contributed by atoms with Crippen LogP contribution >= 0.6 is 0 Å². The van der Waals surface area contributed by atoms with Crippen molar-refractivity contribution < 1.29 is 5.11 Å². The zero-order valence-electron chi connectivity index (χ0n) is 7.19. The van der Waals surface area contributed by atoms with Gasteiger partial charge in [0.2, 0.25) is 0 Å². The summed E-state index contributed by atoms with van der Waals surface area (Å²) >= 11 is 0. The molecule has 0 aliphatic heterocycles. The van der Waals surface area contributed by atoms with Crippen LogP contribution in [0.25, 0.3) is 0 Å². The van der Waals surface area contributed by atoms with Crippen molar-refractivity contribution in [2.24, 2.45) is 13.0 Å². The van der Waals surface area contributed by atoms with Gasteiger partial charge in [-0.15, -0.1) is 5.10 Å². The van der Waals surface area contributed by atoms with Gasteiger partial charge in [-0.2, -0.15) is 0 Å². The van der Waals surface area contributed by atoms with Crippen LogP contribution in [0.5, 0.6) is 0 Å². The van der Waals surface area contributed by atoms with Crippen LogP contribution in [0.3, 0.4) is 0 Å². The van der Waals surface area contributed by atoms with Crippen molar-refractivity contribution in [1.82, 2.24) is 15.0 Å². The van der Waals surface area contributed by atoms with Gasteiger partial charge in [0.15, 0.2) is 0 Å². The minimum Gasteiger partial charge on any atom is -0.396 e. The molecule has 0 aromatic carbocycles. The molecule has 1 aromatic heterocycles. The van der Waals surface area contributed by atoms with Crippen LogP contribution in [0, 0.1) is 5.92 Å². The lowest BCUT2D eigenvalue weighted by Crippen LogP contribution is -2.19. The third-order valence-electron chi connectivity index (χ3n) is 2.55. The fourth-order valence-electron chi connectivity index (χ4n) is 1.74. The van der Waals surface area contributed by atoms with E-state index in [0.29, 0.717) is 5.92 Å². The quantitative estimate of drug-likeness (QED) is 0.636. The Bertz CT molecular complexity index is 282. The van der Waals surface area contributed by atoms with Crippen LogP contribution in [0.15, 0.2) is 0 Å². The first-order valence-corrected chi connectivity index (χ1v) is 4.29. The number of nitrogens with zero attached hydrogens (tertiary/aromatic N) is 3. The van der Waals surface area contributed by atoms with E-state index in [1.165, 1.54) is 5.69 Å². The van der Waals surface area contributed by atoms with E-state index in [2.05, 4.69) is 10.3 Å². The van der Waals surface area contributed by atoms with Crippen molar-refractivity contribution in [2.75, 3.05) is 6.61 Å². The summed E-state index contributed by atoms with van der Waals surface area (Å²) in [6, 6.07) is 0. The molecule has 4 heteroatoms. The summed E-state index contributed by atoms with van der Waals surface area (Å²) in [4.78, 5) is 0. The zero-order chi connectivity index (χ0) is 8.55. The first-order valence-electron chi connectivity index (χ1n) is 4.29. The van der Waals surface area contributed by atoms with Gasteiger partial charge in [0, 0.05) is 13.7 Å². The predicted octanol–water partition coefficient (Wildman–Crippen LogP) is -0.0877. The van der Waals surface area contributed by atoms with Gasteiger partial charge < -0.3 is 5.11 Å². The summed E-state index contributed by atoms with van der Waals surface area (Å²) in [5.74, 6) is 0.412. The number of aliphatic hydroxyl groups excluding tert-OH is 1. The summed E-state index contributed by atoms with van der Waals surface area (Å²) in [5, 5.41) is 17.0. The highest BCUT2D eigenvalue weighted by molar-refractivity contribution is 5.14. The van der Waals surface area contributed by atoms with Crippen molar-refractivity contribution in [1.29, 1.82) is 0 Å². The Morgan fingerprint density at radius 1 is 1.67 bits per heavy atom. The van der Waals surface area contributed by atoms with Gasteiger partial charge in [-0.25, -0.2) is 0 Å². The Balaban J connectivity index is 2.26. The molecule has 0 radical (unpaired) electrons. The number of aryl methyl sites for hydroxylation is 2. The second-order valence-electron chi connectivity index (χ2n) is 3.40. The van der Waals surface area contributed by atoms with Crippen molar-refractivity contribution >= 4 is 0 Å². The molecule has 0 saturated heterocycles. The highest BCUT2D eigenvalue weighted by atomic mass is 16.3. The topological polar surface area (TPSA) is 50.9 Å². The van der Waals surface area contributed by atoms with E-state index in [-0.39, 0.29) is 6.61 Å². The zero-order valence-corrected chi connectivity index (χ0v) is 7.19. The lowest BCUT2D eigenvalue weighted by atomic mass is 9.90. The van der Waals surface area contributed by atoms with Gasteiger partial charge in [0.25, 0.3) is 0 Å². The normalized spacial score (nSPS) is 22.3. The fourth-order valence-corrected chi connectivity index (χ4v) is 1.74. The van der Waals surface area contributed by atoms with Crippen molar-refractivity contribution in [3.8, 4) is 0 Å². The Morgan fingerprint density at radius 2 is 2.50 bits per heavy atom. The summed E-state index contributed by atoms with van der Waals surface area (Å²) in [6.07, 6.45) is 2.94. The molecule has 66 valence electrons. The van der Waals surface area contributed by atoms with E-state index in [1.807, 2.05) is 11.7 Å². The molecule has 0 bridgehead atoms. The number of aromatic nitrogens is 3. The molecule has 1 aliphatic rings. The number of fused-ring (bicyclic) bond motifs is 1. The van der Waals surface area contributed by atoms with Gasteiger partial charge in [0.05, 0.1) is 11.4 Å². The van der Waals surface area contributed by atoms with Gasteiger partial charge in [-0.1, -0.05) is 5.21 Å². The smallest absolute Gasteiger partial charge is 0.0859 e. The van der Waals surface area contributed by atoms with E-state index in [0.717, 1.165) is 25.0 Å². The molecule has 12 heavy (non-hydrogen) atoms. The predicted molar refractivity (Wildman–Crippen MR) is 43.6 cm³/mol. The first kappa shape index (κ1) is 7.73. The highest BCUT2D eigenvalue weighted by Gasteiger charge is 2.21. The molecule has 2 rings (SSSR count). The van der Waals surface area contributed by atoms with E-state index in [1.54, 1.807) is 0 Å². The van der Waals surface area contributed by atoms with E-state index in [9.17, 15) is 0 Å². The molecule has 0 fully saturated rings. The summed E-state index contributed by atoms with van der Waals surface area (Å²) in [5.41, 5.74) is 2.31. The minimum absolute atomic E-state index is 0.282. The summed E-state index contributed by atoms with van der Waals surface area (Å²) in [6.45, 7) is 0.282. The Labute approximate surface area is 71.2 Å². The van der Waals surface area contributed by atoms with Gasteiger partial charge in [-0.05, 0) is 25.2 Å². The maximum absolute atomic E-state index is 8.99.